The van der Waals surface area contributed by atoms with Gasteiger partial charge in [0, 0.05) is 9.58 Å². The van der Waals surface area contributed by atoms with Crippen molar-refractivity contribution in [3.05, 3.63) is 40.1 Å². The lowest BCUT2D eigenvalue weighted by Gasteiger charge is -1.88. The van der Waals surface area contributed by atoms with Gasteiger partial charge in [0.05, 0.1) is 4.91 Å². The molecule has 4 heteroatoms. The van der Waals surface area contributed by atoms with E-state index < -0.39 is 5.97 Å². The van der Waals surface area contributed by atoms with Gasteiger partial charge in [0.1, 0.15) is 0 Å². The summed E-state index contributed by atoms with van der Waals surface area (Å²) in [6.45, 7) is 0. The molecule has 1 heterocycles. The Morgan fingerprint density at radius 3 is 2.80 bits per heavy atom. The van der Waals surface area contributed by atoms with Gasteiger partial charge in [-0.15, -0.1) is 24.0 Å². The molecule has 0 amide bonds. The van der Waals surface area contributed by atoms with Crippen LogP contribution in [-0.2, 0) is 4.79 Å². The van der Waals surface area contributed by atoms with Crippen LogP contribution >= 0.6 is 24.0 Å². The summed E-state index contributed by atoms with van der Waals surface area (Å²) in [5, 5.41) is 9.80. The Morgan fingerprint density at radius 1 is 1.40 bits per heavy atom. The average Bonchev–Trinajstić information content (AvgIpc) is 2.59. The molecule has 0 bridgehead atoms. The number of carbonyl (C=O) groups is 1. The monoisotopic (exact) mass is 236 g/mol. The van der Waals surface area contributed by atoms with E-state index in [-0.39, 0.29) is 4.91 Å². The van der Waals surface area contributed by atoms with Gasteiger partial charge in [0.25, 0.3) is 0 Å². The van der Waals surface area contributed by atoms with Crippen molar-refractivity contribution in [3.8, 4) is 0 Å². The van der Waals surface area contributed by atoms with Gasteiger partial charge in [0.2, 0.25) is 0 Å². The molecule has 0 saturated heterocycles. The van der Waals surface area contributed by atoms with Crippen molar-refractivity contribution in [2.75, 3.05) is 0 Å². The van der Waals surface area contributed by atoms with E-state index in [1.54, 1.807) is 17.4 Å². The van der Waals surface area contributed by atoms with Gasteiger partial charge in [-0.05, 0) is 23.6 Å². The lowest BCUT2D eigenvalue weighted by Crippen LogP contribution is -1.92. The van der Waals surface area contributed by atoms with Gasteiger partial charge >= 0.3 is 5.97 Å². The summed E-state index contributed by atoms with van der Waals surface area (Å²) in [5.41, 5.74) is 0. The molecule has 1 aromatic carbocycles. The van der Waals surface area contributed by atoms with Crippen molar-refractivity contribution in [2.24, 2.45) is 0 Å². The number of hydrogen-bond donors (Lipinski definition) is 2. The van der Waals surface area contributed by atoms with Crippen LogP contribution in [-0.4, -0.2) is 11.1 Å². The minimum absolute atomic E-state index is 0.0570. The van der Waals surface area contributed by atoms with E-state index in [0.29, 0.717) is 0 Å². The number of carboxylic acid groups (broad SMARTS) is 1. The third kappa shape index (κ3) is 2.22. The number of thiol groups is 1. The fraction of sp³-hybridized carbons (Fsp3) is 0. The Morgan fingerprint density at radius 2 is 2.13 bits per heavy atom. The van der Waals surface area contributed by atoms with Gasteiger partial charge in [0.15, 0.2) is 0 Å². The summed E-state index contributed by atoms with van der Waals surface area (Å²) in [6, 6.07) is 9.89. The van der Waals surface area contributed by atoms with Crippen LogP contribution < -0.4 is 0 Å². The van der Waals surface area contributed by atoms with Crippen molar-refractivity contribution in [1.29, 1.82) is 0 Å². The number of benzene rings is 1. The topological polar surface area (TPSA) is 37.3 Å². The maximum absolute atomic E-state index is 10.6. The van der Waals surface area contributed by atoms with Crippen molar-refractivity contribution in [1.82, 2.24) is 0 Å². The van der Waals surface area contributed by atoms with Crippen molar-refractivity contribution in [3.63, 3.8) is 0 Å². The highest BCUT2D eigenvalue weighted by molar-refractivity contribution is 7.85. The first kappa shape index (κ1) is 10.3. The first-order valence-electron chi connectivity index (χ1n) is 4.29. The quantitative estimate of drug-likeness (QED) is 0.620. The summed E-state index contributed by atoms with van der Waals surface area (Å²) in [7, 11) is 0. The minimum atomic E-state index is -1.00. The molecule has 0 radical (unpaired) electrons. The zero-order valence-corrected chi connectivity index (χ0v) is 9.39. The fourth-order valence-corrected chi connectivity index (χ4v) is 2.50. The molecular weight excluding hydrogens is 228 g/mol. The van der Waals surface area contributed by atoms with Crippen LogP contribution in [0.25, 0.3) is 16.2 Å². The zero-order valence-electron chi connectivity index (χ0n) is 7.68. The number of aliphatic carboxylic acids is 1. The Labute approximate surface area is 96.3 Å². The Hall–Kier alpha value is -1.26. The largest absolute Gasteiger partial charge is 0.477 e. The maximum atomic E-state index is 10.6. The summed E-state index contributed by atoms with van der Waals surface area (Å²) < 4.78 is 1.15. The minimum Gasteiger partial charge on any atom is -0.477 e. The van der Waals surface area contributed by atoms with Crippen molar-refractivity contribution < 1.29 is 9.90 Å². The fourth-order valence-electron chi connectivity index (χ4n) is 1.27. The summed E-state index contributed by atoms with van der Waals surface area (Å²) >= 11 is 5.44. The molecule has 0 saturated carbocycles. The summed E-state index contributed by atoms with van der Waals surface area (Å²) in [6.07, 6.45) is 1.57. The number of rotatable bonds is 2. The normalized spacial score (nSPS) is 11.9. The Kier molecular flexibility index (Phi) is 2.79. The third-order valence-electron chi connectivity index (χ3n) is 1.94. The molecule has 0 aliphatic carbocycles. The molecule has 0 aliphatic rings. The molecule has 2 nitrogen and oxygen atoms in total. The zero-order chi connectivity index (χ0) is 10.8. The first-order valence-corrected chi connectivity index (χ1v) is 5.56. The standard InChI is InChI=1S/C11H8O2S2/c12-11(13)9(14)6-8-5-7-3-1-2-4-10(7)15-8/h1-6,14H,(H,12,13). The second-order valence-corrected chi connectivity index (χ2v) is 4.62. The highest BCUT2D eigenvalue weighted by atomic mass is 32.1. The maximum Gasteiger partial charge on any atom is 0.341 e. The van der Waals surface area contributed by atoms with E-state index in [2.05, 4.69) is 12.6 Å². The average molecular weight is 236 g/mol. The molecule has 0 aliphatic heterocycles. The number of carboxylic acids is 1. The van der Waals surface area contributed by atoms with Crippen LogP contribution in [0, 0.1) is 0 Å². The van der Waals surface area contributed by atoms with E-state index in [9.17, 15) is 4.79 Å². The highest BCUT2D eigenvalue weighted by Gasteiger charge is 2.03. The molecule has 15 heavy (non-hydrogen) atoms. The van der Waals surface area contributed by atoms with Gasteiger partial charge in [-0.2, -0.15) is 0 Å². The van der Waals surface area contributed by atoms with Crippen molar-refractivity contribution >= 4 is 46.1 Å². The predicted octanol–water partition coefficient (Wildman–Crippen LogP) is 3.26. The van der Waals surface area contributed by atoms with Crippen LogP contribution in [0.2, 0.25) is 0 Å². The number of thiophene rings is 1. The molecule has 0 atom stereocenters. The predicted molar refractivity (Wildman–Crippen MR) is 66.4 cm³/mol. The van der Waals surface area contributed by atoms with Crippen LogP contribution in [0.15, 0.2) is 35.2 Å². The van der Waals surface area contributed by atoms with Gasteiger partial charge in [-0.25, -0.2) is 4.79 Å². The Balaban J connectivity index is 2.46. The van der Waals surface area contributed by atoms with E-state index in [0.717, 1.165) is 15.0 Å². The molecule has 76 valence electrons. The van der Waals surface area contributed by atoms with E-state index in [4.69, 9.17) is 5.11 Å². The number of fused-ring (bicyclic) bond motifs is 1. The molecule has 2 aromatic rings. The molecule has 0 fully saturated rings. The number of hydrogen-bond acceptors (Lipinski definition) is 3. The SMILES string of the molecule is O=C(O)C(S)=Cc1cc2ccccc2s1. The third-order valence-corrected chi connectivity index (χ3v) is 3.33. The highest BCUT2D eigenvalue weighted by Crippen LogP contribution is 2.27. The molecule has 0 unspecified atom stereocenters. The molecule has 1 aromatic heterocycles. The second-order valence-electron chi connectivity index (χ2n) is 3.02. The van der Waals surface area contributed by atoms with Gasteiger partial charge < -0.3 is 5.11 Å². The van der Waals surface area contributed by atoms with E-state index in [1.807, 2.05) is 30.3 Å². The van der Waals surface area contributed by atoms with E-state index in [1.165, 1.54) is 0 Å². The van der Waals surface area contributed by atoms with Crippen LogP contribution in [0.5, 0.6) is 0 Å². The summed E-state index contributed by atoms with van der Waals surface area (Å²) in [5.74, 6) is -1.00. The van der Waals surface area contributed by atoms with Gasteiger partial charge in [-0.1, -0.05) is 18.2 Å². The van der Waals surface area contributed by atoms with E-state index >= 15 is 0 Å². The smallest absolute Gasteiger partial charge is 0.341 e. The lowest BCUT2D eigenvalue weighted by atomic mass is 10.2. The summed E-state index contributed by atoms with van der Waals surface area (Å²) in [4.78, 5) is 11.5. The molecule has 2 rings (SSSR count). The van der Waals surface area contributed by atoms with Crippen LogP contribution in [0.4, 0.5) is 0 Å². The van der Waals surface area contributed by atoms with Crippen LogP contribution in [0.3, 0.4) is 0 Å². The molecule has 1 N–H and O–H groups in total. The second kappa shape index (κ2) is 4.08. The first-order chi connectivity index (χ1) is 7.16. The lowest BCUT2D eigenvalue weighted by molar-refractivity contribution is -0.131. The molecular formula is C11H8O2S2. The Bertz CT molecular complexity index is 507. The van der Waals surface area contributed by atoms with Crippen LogP contribution in [0.1, 0.15) is 4.88 Å². The van der Waals surface area contributed by atoms with Crippen molar-refractivity contribution in [2.45, 2.75) is 0 Å². The van der Waals surface area contributed by atoms with Gasteiger partial charge in [-0.3, -0.25) is 0 Å². The molecule has 0 spiro atoms.